The number of nitrogens with one attached hydrogen (secondary N) is 1. The summed E-state index contributed by atoms with van der Waals surface area (Å²) in [5.74, 6) is 1.20. The predicted octanol–water partition coefficient (Wildman–Crippen LogP) is 7.79. The Balaban J connectivity index is 1.57. The van der Waals surface area contributed by atoms with Crippen LogP contribution >= 0.6 is 0 Å². The number of hydrogen-bond acceptors (Lipinski definition) is 5. The van der Waals surface area contributed by atoms with Crippen molar-refractivity contribution in [2.45, 2.75) is 145 Å². The molecule has 1 unspecified atom stereocenters. The van der Waals surface area contributed by atoms with E-state index in [1.165, 1.54) is 18.1 Å². The molecule has 5 rings (SSSR count). The van der Waals surface area contributed by atoms with Crippen molar-refractivity contribution in [3.8, 4) is 0 Å². The Bertz CT molecular complexity index is 1150. The number of esters is 1. The van der Waals surface area contributed by atoms with E-state index >= 15 is 0 Å². The molecular formula is C35H55NO5. The van der Waals surface area contributed by atoms with E-state index in [0.717, 1.165) is 51.4 Å². The second-order valence-electron chi connectivity index (χ2n) is 16.3. The molecule has 0 bridgehead atoms. The van der Waals surface area contributed by atoms with E-state index in [2.05, 4.69) is 53.8 Å². The van der Waals surface area contributed by atoms with Crippen LogP contribution in [0.4, 0.5) is 4.79 Å². The minimum absolute atomic E-state index is 0.0254. The Hall–Kier alpha value is -1.85. The van der Waals surface area contributed by atoms with Gasteiger partial charge in [0.2, 0.25) is 0 Å². The number of hydrogen-bond donors (Lipinski definition) is 1. The van der Waals surface area contributed by atoms with Crippen molar-refractivity contribution in [2.75, 3.05) is 0 Å². The molecule has 0 aromatic carbocycles. The zero-order valence-corrected chi connectivity index (χ0v) is 27.4. The molecule has 0 spiro atoms. The molecule has 0 aromatic heterocycles. The number of fused-ring (bicyclic) bond motifs is 6. The van der Waals surface area contributed by atoms with Crippen LogP contribution in [0.2, 0.25) is 0 Å². The van der Waals surface area contributed by atoms with Crippen molar-refractivity contribution in [2.24, 2.45) is 45.3 Å². The molecule has 8 atom stereocenters. The zero-order valence-electron chi connectivity index (χ0n) is 27.4. The van der Waals surface area contributed by atoms with E-state index in [1.54, 1.807) is 0 Å². The average molecular weight is 570 g/mol. The Morgan fingerprint density at radius 3 is 2.20 bits per heavy atom. The number of amides is 1. The van der Waals surface area contributed by atoms with E-state index in [0.29, 0.717) is 18.3 Å². The SMILES string of the molecule is CC(=O)O[C@H]1CC[C@]2(C)[C@H]3CCC4=C5C(C(C)C)C(=O)C[C@]5(NC(=O)OC(C)C)CC[C@@]4(C)[C@]3(C)CC[C@H]2C1(C)C. The second kappa shape index (κ2) is 9.84. The maximum Gasteiger partial charge on any atom is 0.408 e. The van der Waals surface area contributed by atoms with Crippen molar-refractivity contribution >= 4 is 17.8 Å². The van der Waals surface area contributed by atoms with Crippen molar-refractivity contribution in [3.05, 3.63) is 11.1 Å². The number of alkyl carbamates (subject to hydrolysis) is 1. The minimum atomic E-state index is -0.624. The number of rotatable bonds is 4. The number of carbonyl (C=O) groups is 3. The van der Waals surface area contributed by atoms with Gasteiger partial charge in [0.15, 0.2) is 0 Å². The van der Waals surface area contributed by atoms with Crippen LogP contribution in [0.15, 0.2) is 11.1 Å². The van der Waals surface area contributed by atoms with Gasteiger partial charge in [0.05, 0.1) is 11.6 Å². The second-order valence-corrected chi connectivity index (χ2v) is 16.3. The molecule has 4 saturated carbocycles. The fourth-order valence-corrected chi connectivity index (χ4v) is 11.5. The van der Waals surface area contributed by atoms with Gasteiger partial charge < -0.3 is 14.8 Å². The molecular weight excluding hydrogens is 514 g/mol. The molecule has 4 fully saturated rings. The van der Waals surface area contributed by atoms with Crippen LogP contribution in [0.1, 0.15) is 127 Å². The summed E-state index contributed by atoms with van der Waals surface area (Å²) in [6.07, 6.45) is 7.86. The van der Waals surface area contributed by atoms with Gasteiger partial charge in [-0.2, -0.15) is 0 Å². The summed E-state index contributed by atoms with van der Waals surface area (Å²) in [7, 11) is 0. The van der Waals surface area contributed by atoms with E-state index in [-0.39, 0.29) is 57.5 Å². The van der Waals surface area contributed by atoms with Gasteiger partial charge in [0.1, 0.15) is 11.9 Å². The summed E-state index contributed by atoms with van der Waals surface area (Å²) in [5, 5.41) is 3.28. The average Bonchev–Trinajstić information content (AvgIpc) is 3.12. The van der Waals surface area contributed by atoms with E-state index in [9.17, 15) is 14.4 Å². The number of Topliss-reactive ketones (excluding diaryl/α,β-unsaturated/α-hetero) is 1. The maximum atomic E-state index is 13.7. The Morgan fingerprint density at radius 2 is 1.59 bits per heavy atom. The highest BCUT2D eigenvalue weighted by Gasteiger charge is 2.69. The highest BCUT2D eigenvalue weighted by molar-refractivity contribution is 5.92. The molecule has 6 nitrogen and oxygen atoms in total. The molecule has 1 N–H and O–H groups in total. The van der Waals surface area contributed by atoms with Gasteiger partial charge in [-0.15, -0.1) is 0 Å². The van der Waals surface area contributed by atoms with Crippen molar-refractivity contribution in [1.29, 1.82) is 0 Å². The fraction of sp³-hybridized carbons (Fsp3) is 0.857. The zero-order chi connectivity index (χ0) is 30.3. The summed E-state index contributed by atoms with van der Waals surface area (Å²) >= 11 is 0. The summed E-state index contributed by atoms with van der Waals surface area (Å²) < 4.78 is 11.5. The van der Waals surface area contributed by atoms with E-state index in [4.69, 9.17) is 9.47 Å². The normalized spacial score (nSPS) is 43.2. The van der Waals surface area contributed by atoms with Gasteiger partial charge in [-0.3, -0.25) is 9.59 Å². The first-order valence-electron chi connectivity index (χ1n) is 16.4. The van der Waals surface area contributed by atoms with Crippen LogP contribution in [-0.2, 0) is 19.1 Å². The summed E-state index contributed by atoms with van der Waals surface area (Å²) in [5.41, 5.74) is 2.25. The third-order valence-electron chi connectivity index (χ3n) is 13.3. The van der Waals surface area contributed by atoms with Crippen LogP contribution in [0.5, 0.6) is 0 Å². The highest BCUT2D eigenvalue weighted by Crippen LogP contribution is 2.75. The molecule has 5 aliphatic carbocycles. The lowest BCUT2D eigenvalue weighted by atomic mass is 9.34. The molecule has 6 heteroatoms. The van der Waals surface area contributed by atoms with Gasteiger partial charge in [-0.05, 0) is 105 Å². The Morgan fingerprint density at radius 1 is 0.902 bits per heavy atom. The first-order chi connectivity index (χ1) is 18.9. The minimum Gasteiger partial charge on any atom is -0.462 e. The highest BCUT2D eigenvalue weighted by atomic mass is 16.6. The Kier molecular flexibility index (Phi) is 7.34. The number of allylic oxidation sites excluding steroid dienone is 1. The van der Waals surface area contributed by atoms with Crippen molar-refractivity contribution < 1.29 is 23.9 Å². The largest absolute Gasteiger partial charge is 0.462 e. The van der Waals surface area contributed by atoms with Gasteiger partial charge in [-0.1, -0.05) is 54.0 Å². The third kappa shape index (κ3) is 4.34. The van der Waals surface area contributed by atoms with Gasteiger partial charge in [0, 0.05) is 24.7 Å². The van der Waals surface area contributed by atoms with Crippen molar-refractivity contribution in [1.82, 2.24) is 5.32 Å². The quantitative estimate of drug-likeness (QED) is 0.276. The van der Waals surface area contributed by atoms with Gasteiger partial charge in [0.25, 0.3) is 0 Å². The molecule has 0 heterocycles. The molecule has 0 aliphatic heterocycles. The summed E-state index contributed by atoms with van der Waals surface area (Å²) in [4.78, 5) is 38.7. The van der Waals surface area contributed by atoms with Crippen LogP contribution in [0.25, 0.3) is 0 Å². The monoisotopic (exact) mass is 569 g/mol. The topological polar surface area (TPSA) is 81.7 Å². The van der Waals surface area contributed by atoms with Crippen LogP contribution < -0.4 is 5.32 Å². The molecule has 41 heavy (non-hydrogen) atoms. The predicted molar refractivity (Wildman–Crippen MR) is 160 cm³/mol. The standard InChI is InChI=1S/C35H55NO5/c1-20(2)28-24(38)19-35(36-30(39)40-21(3)4)18-17-33(9)23(29(28)35)11-12-26-32(8)15-14-27(41-22(5)37)31(6,7)25(32)13-16-34(26,33)10/h20-21,25-28H,11-19H2,1-10H3,(H,36,39)/t25-,26+,27-,28?,32-,33+,34+,35+/m0/s1. The molecule has 0 saturated heterocycles. The first-order valence-corrected chi connectivity index (χ1v) is 16.4. The number of ketones is 1. The van der Waals surface area contributed by atoms with Crippen LogP contribution in [0.3, 0.4) is 0 Å². The maximum absolute atomic E-state index is 13.7. The molecule has 1 amide bonds. The number of carbonyl (C=O) groups excluding carboxylic acids is 3. The third-order valence-corrected chi connectivity index (χ3v) is 13.3. The lowest BCUT2D eigenvalue weighted by Gasteiger charge is -2.70. The molecule has 0 radical (unpaired) electrons. The Labute approximate surface area is 248 Å². The molecule has 0 aromatic rings. The summed E-state index contributed by atoms with van der Waals surface area (Å²) in [6.45, 7) is 21.8. The number of ether oxygens (including phenoxy) is 2. The lowest BCUT2D eigenvalue weighted by molar-refractivity contribution is -0.212. The van der Waals surface area contributed by atoms with Gasteiger partial charge in [-0.25, -0.2) is 4.79 Å². The smallest absolute Gasteiger partial charge is 0.408 e. The van der Waals surface area contributed by atoms with Crippen LogP contribution in [-0.4, -0.2) is 35.6 Å². The first kappa shape index (κ1) is 30.6. The van der Waals surface area contributed by atoms with E-state index < -0.39 is 11.6 Å². The lowest BCUT2D eigenvalue weighted by Crippen LogP contribution is -2.65. The summed E-state index contributed by atoms with van der Waals surface area (Å²) in [6, 6.07) is 0. The fourth-order valence-electron chi connectivity index (χ4n) is 11.5. The molecule has 5 aliphatic rings. The van der Waals surface area contributed by atoms with E-state index in [1.807, 2.05) is 13.8 Å². The molecule has 230 valence electrons. The van der Waals surface area contributed by atoms with Gasteiger partial charge >= 0.3 is 12.1 Å². The van der Waals surface area contributed by atoms with Crippen molar-refractivity contribution in [3.63, 3.8) is 0 Å². The van der Waals surface area contributed by atoms with Crippen LogP contribution in [0, 0.1) is 45.3 Å².